The topological polar surface area (TPSA) is 226 Å². The molecule has 0 radical (unpaired) electrons. The van der Waals surface area contributed by atoms with Crippen molar-refractivity contribution in [1.82, 2.24) is 24.2 Å². The minimum Gasteiger partial charge on any atom is -0.497 e. The number of aromatic nitrogens is 4. The summed E-state index contributed by atoms with van der Waals surface area (Å²) < 4.78 is 68.4. The molecule has 3 heterocycles. The van der Waals surface area contributed by atoms with Gasteiger partial charge in [0.15, 0.2) is 29.5 Å². The van der Waals surface area contributed by atoms with Crippen molar-refractivity contribution in [3.63, 3.8) is 0 Å². The molecule has 21 heteroatoms. The monoisotopic (exact) mass is 1210 g/mol. The minimum atomic E-state index is -1.81. The quantitative estimate of drug-likeness (QED) is 0.0107. The van der Waals surface area contributed by atoms with Crippen LogP contribution in [0.2, 0.25) is 0 Å². The predicted octanol–water partition coefficient (Wildman–Crippen LogP) is 12.3. The van der Waals surface area contributed by atoms with Crippen molar-refractivity contribution in [2.24, 2.45) is 0 Å². The zero-order chi connectivity index (χ0) is 62.2. The van der Waals surface area contributed by atoms with E-state index in [1.807, 2.05) is 127 Å². The lowest BCUT2D eigenvalue weighted by molar-refractivity contribution is -0.187. The molecule has 2 aliphatic rings. The smallest absolute Gasteiger partial charge is 0.303 e. The van der Waals surface area contributed by atoms with Crippen LogP contribution in [0.5, 0.6) is 17.4 Å². The van der Waals surface area contributed by atoms with Gasteiger partial charge in [0.2, 0.25) is 11.8 Å². The second kappa shape index (κ2) is 27.7. The first-order valence-electron chi connectivity index (χ1n) is 29.2. The van der Waals surface area contributed by atoms with Gasteiger partial charge in [0.25, 0.3) is 8.53 Å². The van der Waals surface area contributed by atoms with Crippen LogP contribution in [-0.2, 0) is 52.7 Å². The van der Waals surface area contributed by atoms with E-state index >= 15 is 0 Å². The van der Waals surface area contributed by atoms with Crippen molar-refractivity contribution < 1.29 is 61.3 Å². The van der Waals surface area contributed by atoms with E-state index in [0.29, 0.717) is 22.6 Å². The third-order valence-corrected chi connectivity index (χ3v) is 17.6. The Labute approximate surface area is 512 Å². The molecule has 6 aromatic carbocycles. The number of esters is 3. The van der Waals surface area contributed by atoms with Crippen molar-refractivity contribution in [2.75, 3.05) is 39.4 Å². The molecular formula is C67H72N7O13P. The van der Waals surface area contributed by atoms with E-state index in [0.717, 1.165) is 38.2 Å². The molecule has 8 aromatic rings. The molecule has 88 heavy (non-hydrogen) atoms. The summed E-state index contributed by atoms with van der Waals surface area (Å²) in [6, 6.07) is 42.2. The van der Waals surface area contributed by atoms with Gasteiger partial charge >= 0.3 is 17.9 Å². The standard InChI is InChI=1S/C67H72N7O13P/c1-11-35-80-65-60-64(71-66(72-65)70-59-58-53(33-24-46-23-22-45-18-15-16-21-52(45)57(46)58)61(83-42(6)75)63(85-44(8)77)62(59)84-43(7)76)73(39-69-60)56-37-54(87-88(82-36-17-34-68)74(40(2)3)41(4)5)55(86-56)38-81-67(47-19-13-12-14-20-47,48-25-29-50(78-9)30-26-48)49-27-31-51(79-10)32-28-49/h11-16,18-33,39-41,54-56,59,61-63H,1,17,35-38H2,2-10H3,(H,70,71,72)/t54-,55+,56+,59+,61-,62+,63+,88?/m0/s1. The zero-order valence-corrected chi connectivity index (χ0v) is 51.5. The molecule has 1 N–H and O–H groups in total. The normalized spacial score (nSPS) is 19.5. The number of ether oxygens (including phenoxy) is 8. The summed E-state index contributed by atoms with van der Waals surface area (Å²) in [4.78, 5) is 54.5. The van der Waals surface area contributed by atoms with Crippen molar-refractivity contribution in [3.05, 3.63) is 174 Å². The molecule has 20 nitrogen and oxygen atoms in total. The highest BCUT2D eigenvalue weighted by Crippen LogP contribution is 2.52. The minimum absolute atomic E-state index is 0.00222. The molecular weight excluding hydrogens is 1140 g/mol. The maximum absolute atomic E-state index is 13.4. The van der Waals surface area contributed by atoms with Gasteiger partial charge in [-0.3, -0.25) is 19.0 Å². The van der Waals surface area contributed by atoms with Gasteiger partial charge in [-0.15, -0.1) is 0 Å². The lowest BCUT2D eigenvalue weighted by atomic mass is 9.77. The fourth-order valence-corrected chi connectivity index (χ4v) is 13.7. The molecule has 0 spiro atoms. The Hall–Kier alpha value is -8.54. The number of carbonyl (C=O) groups excluding carboxylic acids is 3. The van der Waals surface area contributed by atoms with Gasteiger partial charge in [0, 0.05) is 44.8 Å². The van der Waals surface area contributed by atoms with Crippen LogP contribution in [0, 0.1) is 11.3 Å². The molecule has 0 bridgehead atoms. The highest BCUT2D eigenvalue weighted by Gasteiger charge is 2.51. The Balaban J connectivity index is 1.12. The number of rotatable bonds is 25. The van der Waals surface area contributed by atoms with E-state index in [4.69, 9.17) is 61.9 Å². The number of nitrogens with one attached hydrogen (secondary N) is 1. The lowest BCUT2D eigenvalue weighted by Gasteiger charge is -2.42. The van der Waals surface area contributed by atoms with Gasteiger partial charge in [0.05, 0.1) is 58.4 Å². The number of hydrogen-bond donors (Lipinski definition) is 1. The van der Waals surface area contributed by atoms with E-state index in [1.165, 1.54) is 20.8 Å². The van der Waals surface area contributed by atoms with E-state index in [2.05, 4.69) is 50.3 Å². The number of anilines is 1. The summed E-state index contributed by atoms with van der Waals surface area (Å²) >= 11 is 0. The maximum Gasteiger partial charge on any atom is 0.303 e. The lowest BCUT2D eigenvalue weighted by Crippen LogP contribution is -2.50. The van der Waals surface area contributed by atoms with Crippen LogP contribution >= 0.6 is 8.53 Å². The first-order chi connectivity index (χ1) is 42.6. The van der Waals surface area contributed by atoms with Gasteiger partial charge < -0.3 is 52.3 Å². The SMILES string of the molecule is C=CCOc1nc(N[C@@H]2c3c(ccc4ccc5ccccc5c34)[C@H](OC(C)=O)[C@@H](OC(C)=O)[C@@H]2OC(C)=O)nc2c1ncn2[C@H]1C[C@H](OP(OCCC#N)N(C(C)C)C(C)C)[C@@H](COC(c2ccccc2)(c2ccc(OC)cc2)c2ccc(OC)cc2)O1. The number of hydrogen-bond acceptors (Lipinski definition) is 19. The van der Waals surface area contributed by atoms with Crippen molar-refractivity contribution in [3.8, 4) is 23.4 Å². The average Bonchev–Trinajstić information content (AvgIpc) is 1.02. The van der Waals surface area contributed by atoms with E-state index in [1.54, 1.807) is 31.2 Å². The highest BCUT2D eigenvalue weighted by atomic mass is 31.2. The van der Waals surface area contributed by atoms with Crippen LogP contribution in [0.15, 0.2) is 146 Å². The van der Waals surface area contributed by atoms with Crippen molar-refractivity contribution in [2.45, 2.75) is 122 Å². The van der Waals surface area contributed by atoms with Crippen LogP contribution in [0.1, 0.15) is 107 Å². The molecule has 0 saturated carbocycles. The summed E-state index contributed by atoms with van der Waals surface area (Å²) in [5.74, 6) is -0.620. The molecule has 1 aliphatic heterocycles. The van der Waals surface area contributed by atoms with Gasteiger partial charge in [-0.2, -0.15) is 15.2 Å². The van der Waals surface area contributed by atoms with Crippen LogP contribution in [0.3, 0.4) is 0 Å². The summed E-state index contributed by atoms with van der Waals surface area (Å²) in [5, 5.41) is 16.6. The van der Waals surface area contributed by atoms with Crippen LogP contribution in [0.25, 0.3) is 32.7 Å². The fraction of sp³-hybridized carbons (Fsp3) is 0.358. The van der Waals surface area contributed by atoms with Crippen molar-refractivity contribution >= 4 is 65.1 Å². The molecule has 2 aromatic heterocycles. The van der Waals surface area contributed by atoms with E-state index < -0.39 is 74.8 Å². The van der Waals surface area contributed by atoms with Crippen molar-refractivity contribution in [1.29, 1.82) is 5.26 Å². The molecule has 1 aliphatic carbocycles. The maximum atomic E-state index is 13.4. The molecule has 0 amide bonds. The predicted molar refractivity (Wildman–Crippen MR) is 331 cm³/mol. The number of fused-ring (bicyclic) bond motifs is 6. The first-order valence-corrected chi connectivity index (χ1v) is 30.3. The molecule has 1 fully saturated rings. The zero-order valence-electron chi connectivity index (χ0n) is 50.7. The average molecular weight is 1210 g/mol. The summed E-state index contributed by atoms with van der Waals surface area (Å²) in [6.45, 7) is 16.1. The fourth-order valence-electron chi connectivity index (χ4n) is 11.9. The summed E-state index contributed by atoms with van der Waals surface area (Å²) in [5.41, 5.74) is 2.89. The first kappa shape index (κ1) is 62.5. The Morgan fingerprint density at radius 1 is 0.795 bits per heavy atom. The summed E-state index contributed by atoms with van der Waals surface area (Å²) in [6.07, 6.45) is -2.64. The summed E-state index contributed by atoms with van der Waals surface area (Å²) in [7, 11) is 1.44. The number of nitrogens with zero attached hydrogens (tertiary/aromatic N) is 6. The number of methoxy groups -OCH3 is 2. The third-order valence-electron chi connectivity index (χ3n) is 15.5. The van der Waals surface area contributed by atoms with E-state index in [-0.39, 0.29) is 67.7 Å². The Kier molecular flexibility index (Phi) is 19.6. The second-order valence-electron chi connectivity index (χ2n) is 21.9. The Morgan fingerprint density at radius 3 is 2.03 bits per heavy atom. The molecule has 1 unspecified atom stereocenters. The number of nitriles is 1. The molecule has 10 rings (SSSR count). The Bertz CT molecular complexity index is 3770. The number of benzene rings is 6. The van der Waals surface area contributed by atoms with Crippen LogP contribution < -0.4 is 19.5 Å². The highest BCUT2D eigenvalue weighted by molar-refractivity contribution is 7.44. The third kappa shape index (κ3) is 13.0. The second-order valence-corrected chi connectivity index (χ2v) is 23.3. The van der Waals surface area contributed by atoms with Gasteiger partial charge in [-0.1, -0.05) is 116 Å². The number of imidazole rings is 1. The Morgan fingerprint density at radius 2 is 1.41 bits per heavy atom. The van der Waals surface area contributed by atoms with Crippen LogP contribution in [-0.4, -0.2) is 113 Å². The van der Waals surface area contributed by atoms with Gasteiger partial charge in [-0.05, 0) is 95.8 Å². The molecule has 458 valence electrons. The van der Waals surface area contributed by atoms with Gasteiger partial charge in [0.1, 0.15) is 36.0 Å². The molecule has 1 saturated heterocycles. The van der Waals surface area contributed by atoms with E-state index in [9.17, 15) is 19.6 Å². The molecule has 8 atom stereocenters. The number of carbonyl (C=O) groups is 3. The van der Waals surface area contributed by atoms with Crippen LogP contribution in [0.4, 0.5) is 5.95 Å². The van der Waals surface area contributed by atoms with Gasteiger partial charge in [-0.25, -0.2) is 9.65 Å². The largest absolute Gasteiger partial charge is 0.497 e.